The van der Waals surface area contributed by atoms with E-state index in [-0.39, 0.29) is 10.9 Å². The summed E-state index contributed by atoms with van der Waals surface area (Å²) < 4.78 is 0. The number of thiophene rings is 1. The Morgan fingerprint density at radius 3 is 2.55 bits per heavy atom. The summed E-state index contributed by atoms with van der Waals surface area (Å²) >= 11 is 6.56. The molecule has 0 aliphatic carbocycles. The van der Waals surface area contributed by atoms with Gasteiger partial charge < -0.3 is 11.1 Å². The van der Waals surface area contributed by atoms with Gasteiger partial charge in [0.2, 0.25) is 0 Å². The fraction of sp³-hybridized carbons (Fsp3) is 0.200. The highest BCUT2D eigenvalue weighted by atomic mass is 32.1. The van der Waals surface area contributed by atoms with Crippen LogP contribution < -0.4 is 11.1 Å². The zero-order chi connectivity index (χ0) is 14.5. The lowest BCUT2D eigenvalue weighted by Crippen LogP contribution is -2.36. The number of hydrogen-bond acceptors (Lipinski definition) is 3. The van der Waals surface area contributed by atoms with E-state index in [1.807, 2.05) is 42.5 Å². The Morgan fingerprint density at radius 1 is 1.30 bits per heavy atom. The number of carbonyl (C=O) groups is 1. The number of rotatable bonds is 5. The monoisotopic (exact) mass is 304 g/mol. The molecule has 0 saturated heterocycles. The smallest absolute Gasteiger partial charge is 0.262 e. The molecule has 0 bridgehead atoms. The fourth-order valence-corrected chi connectivity index (χ4v) is 2.90. The second kappa shape index (κ2) is 6.63. The van der Waals surface area contributed by atoms with Gasteiger partial charge in [-0.1, -0.05) is 49.5 Å². The second-order valence-electron chi connectivity index (χ2n) is 4.34. The van der Waals surface area contributed by atoms with Gasteiger partial charge in [-0.25, -0.2) is 0 Å². The van der Waals surface area contributed by atoms with Crippen LogP contribution in [0.3, 0.4) is 0 Å². The lowest BCUT2D eigenvalue weighted by molar-refractivity contribution is 0.0951. The van der Waals surface area contributed by atoms with E-state index in [4.69, 9.17) is 18.0 Å². The maximum Gasteiger partial charge on any atom is 0.262 e. The molecule has 0 aliphatic heterocycles. The van der Waals surface area contributed by atoms with Gasteiger partial charge in [0.1, 0.15) is 11.0 Å². The normalized spacial score (nSPS) is 11.8. The molecule has 0 spiro atoms. The molecule has 1 amide bonds. The lowest BCUT2D eigenvalue weighted by Gasteiger charge is -2.17. The maximum absolute atomic E-state index is 12.2. The van der Waals surface area contributed by atoms with Crippen molar-refractivity contribution in [3.63, 3.8) is 0 Å². The Balaban J connectivity index is 2.16. The molecule has 2 aromatic rings. The second-order valence-corrected chi connectivity index (χ2v) is 5.98. The average molecular weight is 304 g/mol. The molecule has 1 aromatic carbocycles. The summed E-state index contributed by atoms with van der Waals surface area (Å²) in [6.45, 7) is 2.06. The number of nitrogens with one attached hydrogen (secondary N) is 1. The molecule has 1 heterocycles. The van der Waals surface area contributed by atoms with Crippen molar-refractivity contribution < 1.29 is 4.79 Å². The van der Waals surface area contributed by atoms with Crippen LogP contribution in [-0.4, -0.2) is 10.9 Å². The first-order chi connectivity index (χ1) is 9.61. The molecule has 1 atom stereocenters. The van der Waals surface area contributed by atoms with E-state index in [2.05, 4.69) is 12.2 Å². The molecule has 104 valence electrons. The Hall–Kier alpha value is -1.72. The summed E-state index contributed by atoms with van der Waals surface area (Å²) in [5, 5.41) is 2.89. The third kappa shape index (κ3) is 3.43. The first kappa shape index (κ1) is 14.7. The van der Waals surface area contributed by atoms with Crippen LogP contribution in [0.2, 0.25) is 0 Å². The molecule has 3 nitrogen and oxygen atoms in total. The molecule has 0 fully saturated rings. The molecule has 1 aromatic heterocycles. The van der Waals surface area contributed by atoms with Gasteiger partial charge in [-0.2, -0.15) is 0 Å². The van der Waals surface area contributed by atoms with Crippen LogP contribution in [0.1, 0.15) is 33.1 Å². The number of carbonyl (C=O) groups excluding carboxylic acids is 1. The van der Waals surface area contributed by atoms with Gasteiger partial charge in [0.05, 0.1) is 4.88 Å². The predicted octanol–water partition coefficient (Wildman–Crippen LogP) is 3.07. The zero-order valence-corrected chi connectivity index (χ0v) is 12.8. The van der Waals surface area contributed by atoms with Crippen LogP contribution >= 0.6 is 23.6 Å². The highest BCUT2D eigenvalue weighted by Crippen LogP contribution is 2.19. The SMILES string of the molecule is CCc1ccc(C(=O)NC(C(N)=S)c2ccccc2)s1. The molecular formula is C15H16N2OS2. The minimum atomic E-state index is -0.439. The van der Waals surface area contributed by atoms with Crippen LogP contribution in [0.4, 0.5) is 0 Å². The van der Waals surface area contributed by atoms with Gasteiger partial charge in [-0.05, 0) is 24.1 Å². The van der Waals surface area contributed by atoms with Crippen molar-refractivity contribution in [2.75, 3.05) is 0 Å². The van der Waals surface area contributed by atoms with Gasteiger partial charge in [0.25, 0.3) is 5.91 Å². The largest absolute Gasteiger partial charge is 0.391 e. The molecule has 3 N–H and O–H groups in total. The minimum Gasteiger partial charge on any atom is -0.391 e. The van der Waals surface area contributed by atoms with Crippen LogP contribution in [0, 0.1) is 0 Å². The summed E-state index contributed by atoms with van der Waals surface area (Å²) in [6, 6.07) is 12.9. The lowest BCUT2D eigenvalue weighted by atomic mass is 10.1. The topological polar surface area (TPSA) is 55.1 Å². The van der Waals surface area contributed by atoms with Crippen molar-refractivity contribution in [1.29, 1.82) is 0 Å². The Morgan fingerprint density at radius 2 is 2.00 bits per heavy atom. The van der Waals surface area contributed by atoms with Crippen LogP contribution in [0.25, 0.3) is 0 Å². The highest BCUT2D eigenvalue weighted by molar-refractivity contribution is 7.80. The average Bonchev–Trinajstić information content (AvgIpc) is 2.94. The van der Waals surface area contributed by atoms with Crippen molar-refractivity contribution in [2.24, 2.45) is 5.73 Å². The van der Waals surface area contributed by atoms with Gasteiger partial charge in [0.15, 0.2) is 0 Å². The van der Waals surface area contributed by atoms with Gasteiger partial charge in [0, 0.05) is 4.88 Å². The zero-order valence-electron chi connectivity index (χ0n) is 11.1. The highest BCUT2D eigenvalue weighted by Gasteiger charge is 2.19. The quantitative estimate of drug-likeness (QED) is 0.835. The first-order valence-corrected chi connectivity index (χ1v) is 7.58. The van der Waals surface area contributed by atoms with Gasteiger partial charge in [-0.15, -0.1) is 11.3 Å². The van der Waals surface area contributed by atoms with Crippen molar-refractivity contribution in [1.82, 2.24) is 5.32 Å². The first-order valence-electron chi connectivity index (χ1n) is 6.35. The van der Waals surface area contributed by atoms with Crippen molar-refractivity contribution in [3.05, 3.63) is 57.8 Å². The summed E-state index contributed by atoms with van der Waals surface area (Å²) in [5.41, 5.74) is 6.64. The van der Waals surface area contributed by atoms with E-state index in [1.54, 1.807) is 0 Å². The molecule has 20 heavy (non-hydrogen) atoms. The van der Waals surface area contributed by atoms with Gasteiger partial charge >= 0.3 is 0 Å². The third-order valence-electron chi connectivity index (χ3n) is 2.93. The summed E-state index contributed by atoms with van der Waals surface area (Å²) in [5.74, 6) is -0.142. The number of benzene rings is 1. The number of nitrogens with two attached hydrogens (primary N) is 1. The number of amides is 1. The minimum absolute atomic E-state index is 0.142. The van der Waals surface area contributed by atoms with E-state index in [9.17, 15) is 4.79 Å². The standard InChI is InChI=1S/C15H16N2OS2/c1-2-11-8-9-12(20-11)15(18)17-13(14(16)19)10-6-4-3-5-7-10/h3-9,13H,2H2,1H3,(H2,16,19)(H,17,18). The molecule has 0 radical (unpaired) electrons. The Labute approximate surface area is 127 Å². The fourth-order valence-electron chi connectivity index (χ4n) is 1.86. The number of thiocarbonyl (C=S) groups is 1. The molecule has 0 saturated carbocycles. The molecule has 5 heteroatoms. The molecular weight excluding hydrogens is 288 g/mol. The maximum atomic E-state index is 12.2. The van der Waals surface area contributed by atoms with Crippen molar-refractivity contribution in [3.8, 4) is 0 Å². The summed E-state index contributed by atoms with van der Waals surface area (Å²) in [4.78, 5) is 14.4. The van der Waals surface area contributed by atoms with Crippen LogP contribution in [0.15, 0.2) is 42.5 Å². The summed E-state index contributed by atoms with van der Waals surface area (Å²) in [6.07, 6.45) is 0.926. The molecule has 1 unspecified atom stereocenters. The Kier molecular flexibility index (Phi) is 4.87. The number of aryl methyl sites for hydroxylation is 1. The van der Waals surface area contributed by atoms with Crippen molar-refractivity contribution in [2.45, 2.75) is 19.4 Å². The summed E-state index contributed by atoms with van der Waals surface area (Å²) in [7, 11) is 0. The molecule has 2 rings (SSSR count). The van der Waals surface area contributed by atoms with Crippen LogP contribution in [-0.2, 0) is 6.42 Å². The van der Waals surface area contributed by atoms with E-state index < -0.39 is 6.04 Å². The van der Waals surface area contributed by atoms with Crippen molar-refractivity contribution >= 4 is 34.5 Å². The van der Waals surface area contributed by atoms with Gasteiger partial charge in [-0.3, -0.25) is 4.79 Å². The van der Waals surface area contributed by atoms with E-state index >= 15 is 0 Å². The van der Waals surface area contributed by atoms with E-state index in [1.165, 1.54) is 16.2 Å². The van der Waals surface area contributed by atoms with Crippen LogP contribution in [0.5, 0.6) is 0 Å². The molecule has 0 aliphatic rings. The Bertz CT molecular complexity index is 607. The predicted molar refractivity (Wildman–Crippen MR) is 87.1 cm³/mol. The third-order valence-corrected chi connectivity index (χ3v) is 4.39. The van der Waals surface area contributed by atoms with E-state index in [0.717, 1.165) is 12.0 Å². The van der Waals surface area contributed by atoms with E-state index in [0.29, 0.717) is 4.88 Å². The number of hydrogen-bond donors (Lipinski definition) is 2.